The quantitative estimate of drug-likeness (QED) is 0.440. The molecule has 1 unspecified atom stereocenters. The average Bonchev–Trinajstić information content (AvgIpc) is 3.09. The number of rotatable bonds is 12. The highest BCUT2D eigenvalue weighted by Crippen LogP contribution is 2.34. The van der Waals surface area contributed by atoms with Gasteiger partial charge in [0.1, 0.15) is 5.75 Å². The monoisotopic (exact) mass is 459 g/mol. The maximum Gasteiger partial charge on any atom is 0.227 e. The molecule has 2 aromatic carbocycles. The van der Waals surface area contributed by atoms with Crippen LogP contribution in [0.5, 0.6) is 11.6 Å². The fraction of sp³-hybridized carbons (Fsp3) is 0.375. The summed E-state index contributed by atoms with van der Waals surface area (Å²) in [6, 6.07) is 17.2. The SMILES string of the molecule is COCCN(Cc1c(C)nn(-c2ccccc2)c1Oc1ccccc1Cl)CC(O)COC. The van der Waals surface area contributed by atoms with E-state index in [1.807, 2.05) is 55.5 Å². The minimum atomic E-state index is -0.616. The molecule has 8 heteroatoms. The first-order chi connectivity index (χ1) is 15.5. The van der Waals surface area contributed by atoms with E-state index in [0.717, 1.165) is 16.9 Å². The van der Waals surface area contributed by atoms with Crippen molar-refractivity contribution in [3.8, 4) is 17.3 Å². The molecule has 7 nitrogen and oxygen atoms in total. The molecule has 172 valence electrons. The molecule has 3 rings (SSSR count). The molecule has 0 saturated heterocycles. The second kappa shape index (κ2) is 12.0. The van der Waals surface area contributed by atoms with E-state index in [2.05, 4.69) is 4.90 Å². The zero-order valence-corrected chi connectivity index (χ0v) is 19.5. The van der Waals surface area contributed by atoms with Gasteiger partial charge in [0.25, 0.3) is 0 Å². The Kier molecular flexibility index (Phi) is 9.08. The van der Waals surface area contributed by atoms with E-state index in [4.69, 9.17) is 30.9 Å². The van der Waals surface area contributed by atoms with Crippen LogP contribution in [-0.4, -0.2) is 66.4 Å². The third-order valence-corrected chi connectivity index (χ3v) is 5.31. The Morgan fingerprint density at radius 1 is 1.06 bits per heavy atom. The van der Waals surface area contributed by atoms with Crippen molar-refractivity contribution in [3.05, 3.63) is 70.9 Å². The highest BCUT2D eigenvalue weighted by molar-refractivity contribution is 6.32. The molecule has 0 aliphatic heterocycles. The number of aliphatic hydroxyl groups excluding tert-OH is 1. The summed E-state index contributed by atoms with van der Waals surface area (Å²) in [5, 5.41) is 15.6. The molecular weight excluding hydrogens is 430 g/mol. The molecule has 0 aliphatic carbocycles. The molecule has 1 aromatic heterocycles. The fourth-order valence-corrected chi connectivity index (χ4v) is 3.60. The number of halogens is 1. The highest BCUT2D eigenvalue weighted by atomic mass is 35.5. The first-order valence-electron chi connectivity index (χ1n) is 10.5. The standard InChI is InChI=1S/C24H30ClN3O4/c1-18-21(16-27(13-14-30-2)15-20(29)17-31-3)24(32-23-12-8-7-11-22(23)25)28(26-18)19-9-5-4-6-10-19/h4-12,20,29H,13-17H2,1-3H3. The summed E-state index contributed by atoms with van der Waals surface area (Å²) in [5.74, 6) is 1.14. The zero-order chi connectivity index (χ0) is 22.9. The Hall–Kier alpha value is -2.42. The van der Waals surface area contributed by atoms with Crippen LogP contribution in [0.25, 0.3) is 5.69 Å². The van der Waals surface area contributed by atoms with Crippen LogP contribution in [0.15, 0.2) is 54.6 Å². The van der Waals surface area contributed by atoms with Crippen LogP contribution in [0.3, 0.4) is 0 Å². The van der Waals surface area contributed by atoms with Crippen LogP contribution in [0.2, 0.25) is 5.02 Å². The van der Waals surface area contributed by atoms with Crippen molar-refractivity contribution < 1.29 is 19.3 Å². The van der Waals surface area contributed by atoms with Crippen molar-refractivity contribution in [2.24, 2.45) is 0 Å². The third-order valence-electron chi connectivity index (χ3n) is 5.00. The Bertz CT molecular complexity index is 981. The maximum absolute atomic E-state index is 10.3. The van der Waals surface area contributed by atoms with E-state index >= 15 is 0 Å². The first kappa shape index (κ1) is 24.2. The molecule has 1 N–H and O–H groups in total. The lowest BCUT2D eigenvalue weighted by Crippen LogP contribution is -2.36. The number of nitrogens with zero attached hydrogens (tertiary/aromatic N) is 3. The molecule has 0 radical (unpaired) electrons. The largest absolute Gasteiger partial charge is 0.437 e. The first-order valence-corrected chi connectivity index (χ1v) is 10.9. The molecule has 32 heavy (non-hydrogen) atoms. The van der Waals surface area contributed by atoms with Crippen LogP contribution in [0, 0.1) is 6.92 Å². The van der Waals surface area contributed by atoms with Gasteiger partial charge < -0.3 is 19.3 Å². The number of benzene rings is 2. The van der Waals surface area contributed by atoms with Crippen LogP contribution in [0.4, 0.5) is 0 Å². The van der Waals surface area contributed by atoms with E-state index in [0.29, 0.717) is 42.9 Å². The minimum Gasteiger partial charge on any atom is -0.437 e. The molecule has 0 bridgehead atoms. The van der Waals surface area contributed by atoms with Crippen molar-refractivity contribution in [2.75, 3.05) is 40.5 Å². The maximum atomic E-state index is 10.3. The molecule has 0 saturated carbocycles. The summed E-state index contributed by atoms with van der Waals surface area (Å²) in [6.07, 6.45) is -0.616. The number of hydrogen-bond donors (Lipinski definition) is 1. The summed E-state index contributed by atoms with van der Waals surface area (Å²) >= 11 is 6.38. The van der Waals surface area contributed by atoms with Gasteiger partial charge >= 0.3 is 0 Å². The lowest BCUT2D eigenvalue weighted by molar-refractivity contribution is 0.0291. The van der Waals surface area contributed by atoms with Crippen LogP contribution in [-0.2, 0) is 16.0 Å². The molecule has 0 fully saturated rings. The topological polar surface area (TPSA) is 69.0 Å². The second-order valence-electron chi connectivity index (χ2n) is 7.49. The van der Waals surface area contributed by atoms with Gasteiger partial charge in [-0.3, -0.25) is 4.90 Å². The summed E-state index contributed by atoms with van der Waals surface area (Å²) in [7, 11) is 3.24. The normalized spacial score (nSPS) is 12.3. The Morgan fingerprint density at radius 3 is 2.47 bits per heavy atom. The number of hydrogen-bond acceptors (Lipinski definition) is 6. The predicted octanol–water partition coefficient (Wildman–Crippen LogP) is 4.08. The van der Waals surface area contributed by atoms with Crippen LogP contribution in [0.1, 0.15) is 11.3 Å². The number of aryl methyl sites for hydroxylation is 1. The van der Waals surface area contributed by atoms with Crippen LogP contribution < -0.4 is 4.74 Å². The molecular formula is C24H30ClN3O4. The Balaban J connectivity index is 1.99. The van der Waals surface area contributed by atoms with E-state index in [-0.39, 0.29) is 6.61 Å². The molecule has 0 aliphatic rings. The highest BCUT2D eigenvalue weighted by Gasteiger charge is 2.23. The van der Waals surface area contributed by atoms with Gasteiger partial charge in [-0.05, 0) is 31.2 Å². The van der Waals surface area contributed by atoms with E-state index < -0.39 is 6.10 Å². The second-order valence-corrected chi connectivity index (χ2v) is 7.89. The van der Waals surface area contributed by atoms with E-state index in [9.17, 15) is 5.11 Å². The van der Waals surface area contributed by atoms with E-state index in [1.54, 1.807) is 25.0 Å². The minimum absolute atomic E-state index is 0.259. The lowest BCUT2D eigenvalue weighted by atomic mass is 10.2. The number of para-hydroxylation sites is 2. The van der Waals surface area contributed by atoms with Gasteiger partial charge in [0.15, 0.2) is 0 Å². The zero-order valence-electron chi connectivity index (χ0n) is 18.7. The molecule has 0 spiro atoms. The molecule has 1 atom stereocenters. The molecule has 3 aromatic rings. The van der Waals surface area contributed by atoms with Gasteiger partial charge in [0.2, 0.25) is 5.88 Å². The average molecular weight is 460 g/mol. The summed E-state index contributed by atoms with van der Waals surface area (Å²) in [4.78, 5) is 2.10. The summed E-state index contributed by atoms with van der Waals surface area (Å²) in [6.45, 7) is 4.33. The van der Waals surface area contributed by atoms with E-state index in [1.165, 1.54) is 0 Å². The summed E-state index contributed by atoms with van der Waals surface area (Å²) in [5.41, 5.74) is 2.63. The number of aliphatic hydroxyl groups is 1. The molecule has 0 amide bonds. The van der Waals surface area contributed by atoms with Gasteiger partial charge in [-0.25, -0.2) is 4.68 Å². The number of ether oxygens (including phenoxy) is 3. The Labute approximate surface area is 194 Å². The van der Waals surface area contributed by atoms with Crippen molar-refractivity contribution in [2.45, 2.75) is 19.6 Å². The number of methoxy groups -OCH3 is 2. The van der Waals surface area contributed by atoms with Crippen molar-refractivity contribution in [1.82, 2.24) is 14.7 Å². The lowest BCUT2D eigenvalue weighted by Gasteiger charge is -2.25. The van der Waals surface area contributed by atoms with Crippen molar-refractivity contribution in [3.63, 3.8) is 0 Å². The smallest absolute Gasteiger partial charge is 0.227 e. The Morgan fingerprint density at radius 2 is 1.78 bits per heavy atom. The third kappa shape index (κ3) is 6.31. The van der Waals surface area contributed by atoms with Gasteiger partial charge in [0, 0.05) is 33.9 Å². The van der Waals surface area contributed by atoms with Gasteiger partial charge in [-0.1, -0.05) is 41.9 Å². The van der Waals surface area contributed by atoms with Crippen molar-refractivity contribution >= 4 is 11.6 Å². The number of aromatic nitrogens is 2. The van der Waals surface area contributed by atoms with Gasteiger partial charge in [-0.2, -0.15) is 5.10 Å². The predicted molar refractivity (Wildman–Crippen MR) is 125 cm³/mol. The van der Waals surface area contributed by atoms with Crippen molar-refractivity contribution in [1.29, 1.82) is 0 Å². The van der Waals surface area contributed by atoms with Gasteiger partial charge in [-0.15, -0.1) is 0 Å². The fourth-order valence-electron chi connectivity index (χ4n) is 3.42. The van der Waals surface area contributed by atoms with Gasteiger partial charge in [0.05, 0.1) is 41.3 Å². The molecule has 1 heterocycles. The van der Waals surface area contributed by atoms with Crippen LogP contribution >= 0.6 is 11.6 Å². The summed E-state index contributed by atoms with van der Waals surface area (Å²) < 4.78 is 18.5.